The molecule has 6 heteroatoms. The van der Waals surface area contributed by atoms with Gasteiger partial charge in [0.15, 0.2) is 0 Å². The molecule has 20 heavy (non-hydrogen) atoms. The van der Waals surface area contributed by atoms with Crippen LogP contribution in [0, 0.1) is 0 Å². The second-order valence-electron chi connectivity index (χ2n) is 5.21. The highest BCUT2D eigenvalue weighted by atomic mass is 19.4. The quantitative estimate of drug-likeness (QED) is 0.933. The predicted octanol–water partition coefficient (Wildman–Crippen LogP) is 3.24. The molecule has 0 unspecified atom stereocenters. The molecule has 3 rings (SSSR count). The number of para-hydroxylation sites is 1. The first-order valence-electron chi connectivity index (χ1n) is 6.73. The molecule has 1 saturated carbocycles. The summed E-state index contributed by atoms with van der Waals surface area (Å²) in [5.41, 5.74) is -0.0500. The van der Waals surface area contributed by atoms with Crippen molar-refractivity contribution in [2.75, 3.05) is 0 Å². The van der Waals surface area contributed by atoms with E-state index < -0.39 is 11.7 Å². The molecule has 1 aliphatic carbocycles. The lowest BCUT2D eigenvalue weighted by molar-refractivity contribution is -0.166. The third kappa shape index (κ3) is 2.08. The monoisotopic (exact) mass is 283 g/mol. The van der Waals surface area contributed by atoms with E-state index in [2.05, 4.69) is 10.4 Å². The number of benzene rings is 1. The maximum absolute atomic E-state index is 12.9. The third-order valence-electron chi connectivity index (χ3n) is 3.92. The Hall–Kier alpha value is -1.56. The molecule has 1 fully saturated rings. The second-order valence-corrected chi connectivity index (χ2v) is 5.21. The van der Waals surface area contributed by atoms with Gasteiger partial charge in [-0.15, -0.1) is 0 Å². The van der Waals surface area contributed by atoms with Crippen LogP contribution < -0.4 is 5.32 Å². The van der Waals surface area contributed by atoms with Gasteiger partial charge in [0.2, 0.25) is 0 Å². The van der Waals surface area contributed by atoms with Crippen molar-refractivity contribution in [1.29, 1.82) is 0 Å². The Bertz CT molecular complexity index is 626. The Labute approximate surface area is 114 Å². The van der Waals surface area contributed by atoms with Crippen LogP contribution in [0.3, 0.4) is 0 Å². The fraction of sp³-hybridized carbons (Fsp3) is 0.500. The molecule has 1 aromatic carbocycles. The van der Waals surface area contributed by atoms with Gasteiger partial charge in [0.25, 0.3) is 0 Å². The van der Waals surface area contributed by atoms with Crippen LogP contribution in [0.5, 0.6) is 0 Å². The minimum absolute atomic E-state index is 0.146. The second kappa shape index (κ2) is 4.48. The molecule has 1 aliphatic rings. The highest BCUT2D eigenvalue weighted by Crippen LogP contribution is 2.49. The molecule has 1 heterocycles. The minimum atomic E-state index is -4.18. The molecule has 108 valence electrons. The highest BCUT2D eigenvalue weighted by Gasteiger charge is 2.63. The molecule has 1 aromatic heterocycles. The van der Waals surface area contributed by atoms with Crippen LogP contribution in [0.4, 0.5) is 13.2 Å². The summed E-state index contributed by atoms with van der Waals surface area (Å²) in [5.74, 6) is 0. The minimum Gasteiger partial charge on any atom is -0.298 e. The van der Waals surface area contributed by atoms with E-state index in [-0.39, 0.29) is 19.4 Å². The zero-order valence-corrected chi connectivity index (χ0v) is 11.2. The van der Waals surface area contributed by atoms with E-state index in [0.29, 0.717) is 12.2 Å². The number of nitrogens with one attached hydrogen (secondary N) is 1. The Morgan fingerprint density at radius 2 is 2.00 bits per heavy atom. The maximum atomic E-state index is 12.9. The SMILES string of the molecule is CCn1nc(CNC2(C(F)(F)F)CC2)c2ccccc21. The topological polar surface area (TPSA) is 29.9 Å². The van der Waals surface area contributed by atoms with Crippen LogP contribution in [0.1, 0.15) is 25.5 Å². The lowest BCUT2D eigenvalue weighted by Crippen LogP contribution is -2.44. The van der Waals surface area contributed by atoms with E-state index in [0.717, 1.165) is 10.9 Å². The van der Waals surface area contributed by atoms with Gasteiger partial charge in [-0.2, -0.15) is 18.3 Å². The molecule has 0 bridgehead atoms. The van der Waals surface area contributed by atoms with Crippen molar-refractivity contribution >= 4 is 10.9 Å². The Kier molecular flexibility index (Phi) is 3.01. The van der Waals surface area contributed by atoms with Crippen molar-refractivity contribution in [3.05, 3.63) is 30.0 Å². The lowest BCUT2D eigenvalue weighted by Gasteiger charge is -2.20. The van der Waals surface area contributed by atoms with Crippen LogP contribution in [0.2, 0.25) is 0 Å². The van der Waals surface area contributed by atoms with Crippen LogP contribution in [0.25, 0.3) is 10.9 Å². The normalized spacial score (nSPS) is 17.6. The van der Waals surface area contributed by atoms with Gasteiger partial charge < -0.3 is 0 Å². The van der Waals surface area contributed by atoms with E-state index in [1.165, 1.54) is 0 Å². The largest absolute Gasteiger partial charge is 0.406 e. The molecule has 1 N–H and O–H groups in total. The number of halogens is 3. The van der Waals surface area contributed by atoms with Gasteiger partial charge in [-0.05, 0) is 25.8 Å². The van der Waals surface area contributed by atoms with Crippen molar-refractivity contribution in [2.45, 2.75) is 44.6 Å². The van der Waals surface area contributed by atoms with Crippen molar-refractivity contribution in [1.82, 2.24) is 15.1 Å². The summed E-state index contributed by atoms with van der Waals surface area (Å²) >= 11 is 0. The van der Waals surface area contributed by atoms with Crippen molar-refractivity contribution in [3.8, 4) is 0 Å². The first-order chi connectivity index (χ1) is 9.47. The van der Waals surface area contributed by atoms with Gasteiger partial charge >= 0.3 is 6.18 Å². The van der Waals surface area contributed by atoms with Gasteiger partial charge in [-0.25, -0.2) is 0 Å². The smallest absolute Gasteiger partial charge is 0.298 e. The van der Waals surface area contributed by atoms with Gasteiger partial charge in [-0.1, -0.05) is 18.2 Å². The molecule has 0 amide bonds. The molecular formula is C14H16F3N3. The first kappa shape index (κ1) is 13.4. The molecule has 0 spiro atoms. The molecule has 2 aromatic rings. The van der Waals surface area contributed by atoms with Gasteiger partial charge in [0.05, 0.1) is 11.2 Å². The maximum Gasteiger partial charge on any atom is 0.406 e. The average Bonchev–Trinajstić information content (AvgIpc) is 3.13. The van der Waals surface area contributed by atoms with Crippen molar-refractivity contribution < 1.29 is 13.2 Å². The van der Waals surface area contributed by atoms with E-state index >= 15 is 0 Å². The predicted molar refractivity (Wildman–Crippen MR) is 70.3 cm³/mol. The molecule has 0 radical (unpaired) electrons. The summed E-state index contributed by atoms with van der Waals surface area (Å²) in [5, 5.41) is 7.98. The van der Waals surface area contributed by atoms with E-state index in [1.54, 1.807) is 0 Å². The number of aryl methyl sites for hydroxylation is 1. The van der Waals surface area contributed by atoms with Crippen LogP contribution in [0.15, 0.2) is 24.3 Å². The number of fused-ring (bicyclic) bond motifs is 1. The van der Waals surface area contributed by atoms with Crippen LogP contribution in [-0.2, 0) is 13.1 Å². The fourth-order valence-electron chi connectivity index (χ4n) is 2.51. The fourth-order valence-corrected chi connectivity index (χ4v) is 2.51. The molecule has 0 aliphatic heterocycles. The Morgan fingerprint density at radius 1 is 1.30 bits per heavy atom. The number of nitrogens with zero attached hydrogens (tertiary/aromatic N) is 2. The third-order valence-corrected chi connectivity index (χ3v) is 3.92. The van der Waals surface area contributed by atoms with Crippen LogP contribution >= 0.6 is 0 Å². The zero-order chi connectivity index (χ0) is 14.4. The molecular weight excluding hydrogens is 267 g/mol. The number of hydrogen-bond donors (Lipinski definition) is 1. The summed E-state index contributed by atoms with van der Waals surface area (Å²) in [6, 6.07) is 7.63. The van der Waals surface area contributed by atoms with Gasteiger partial charge in [0.1, 0.15) is 5.54 Å². The van der Waals surface area contributed by atoms with E-state index in [1.807, 2.05) is 35.9 Å². The Balaban J connectivity index is 1.85. The summed E-state index contributed by atoms with van der Waals surface area (Å²) in [4.78, 5) is 0. The van der Waals surface area contributed by atoms with E-state index in [9.17, 15) is 13.2 Å². The van der Waals surface area contributed by atoms with Crippen molar-refractivity contribution in [3.63, 3.8) is 0 Å². The van der Waals surface area contributed by atoms with Gasteiger partial charge in [0, 0.05) is 18.5 Å². The standard InChI is InChI=1S/C14H16F3N3/c1-2-20-12-6-4-3-5-10(12)11(19-20)9-18-13(7-8-13)14(15,16)17/h3-6,18H,2,7-9H2,1H3. The number of hydrogen-bond acceptors (Lipinski definition) is 2. The zero-order valence-electron chi connectivity index (χ0n) is 11.2. The Morgan fingerprint density at radius 3 is 2.60 bits per heavy atom. The number of rotatable bonds is 4. The van der Waals surface area contributed by atoms with Crippen molar-refractivity contribution in [2.24, 2.45) is 0 Å². The van der Waals surface area contributed by atoms with Crippen LogP contribution in [-0.4, -0.2) is 21.5 Å². The molecule has 0 saturated heterocycles. The van der Waals surface area contributed by atoms with Gasteiger partial charge in [-0.3, -0.25) is 10.00 Å². The molecule has 0 atom stereocenters. The summed E-state index contributed by atoms with van der Waals surface area (Å²) in [6.07, 6.45) is -3.87. The lowest BCUT2D eigenvalue weighted by atomic mass is 10.2. The van der Waals surface area contributed by atoms with E-state index in [4.69, 9.17) is 0 Å². The summed E-state index contributed by atoms with van der Waals surface area (Å²) in [6.45, 7) is 2.81. The first-order valence-corrected chi connectivity index (χ1v) is 6.73. The number of aromatic nitrogens is 2. The highest BCUT2D eigenvalue weighted by molar-refractivity contribution is 5.81. The molecule has 3 nitrogen and oxygen atoms in total. The number of alkyl halides is 3. The average molecular weight is 283 g/mol. The summed E-state index contributed by atoms with van der Waals surface area (Å²) in [7, 11) is 0. The summed E-state index contributed by atoms with van der Waals surface area (Å²) < 4.78 is 40.5.